The van der Waals surface area contributed by atoms with E-state index in [0.717, 1.165) is 12.2 Å². The van der Waals surface area contributed by atoms with Crippen molar-refractivity contribution in [2.24, 2.45) is 0 Å². The molecule has 0 fully saturated rings. The van der Waals surface area contributed by atoms with Gasteiger partial charge in [-0.15, -0.1) is 0 Å². The first kappa shape index (κ1) is 21.6. The Kier molecular flexibility index (Phi) is 5.93. The number of ether oxygens (including phenoxy) is 1. The monoisotopic (exact) mass is 443 g/mol. The number of H-pyrrole nitrogens is 1. The molecule has 0 amide bonds. The smallest absolute Gasteiger partial charge is 0.361 e. The van der Waals surface area contributed by atoms with Gasteiger partial charge in [-0.25, -0.2) is 4.98 Å². The average molecular weight is 444 g/mol. The Morgan fingerprint density at radius 1 is 1.28 bits per heavy atom. The van der Waals surface area contributed by atoms with Crippen LogP contribution in [0.25, 0.3) is 22.3 Å². The van der Waals surface area contributed by atoms with E-state index >= 15 is 0 Å². The summed E-state index contributed by atoms with van der Waals surface area (Å²) in [4.78, 5) is 18.0. The van der Waals surface area contributed by atoms with Crippen LogP contribution in [0.1, 0.15) is 5.56 Å². The molecule has 5 nitrogen and oxygen atoms in total. The second kappa shape index (κ2) is 7.96. The molecule has 0 saturated heterocycles. The molecule has 29 heavy (non-hydrogen) atoms. The minimum absolute atomic E-state index is 0.108. The number of rotatable bonds is 6. The molecule has 0 aliphatic carbocycles. The van der Waals surface area contributed by atoms with Crippen molar-refractivity contribution in [1.82, 2.24) is 14.5 Å². The van der Waals surface area contributed by atoms with Crippen molar-refractivity contribution in [3.05, 3.63) is 51.5 Å². The fourth-order valence-electron chi connectivity index (χ4n) is 2.84. The second-order valence-electron chi connectivity index (χ2n) is 7.97. The first-order chi connectivity index (χ1) is 13.5. The van der Waals surface area contributed by atoms with E-state index < -0.39 is 24.8 Å². The lowest BCUT2D eigenvalue weighted by atomic mass is 10.2. The number of nitrogens with one attached hydrogen (secondary N) is 1. The zero-order valence-corrected chi connectivity index (χ0v) is 18.0. The summed E-state index contributed by atoms with van der Waals surface area (Å²) in [5, 5.41) is -0.231. The van der Waals surface area contributed by atoms with Gasteiger partial charge in [0.05, 0.1) is 16.3 Å². The van der Waals surface area contributed by atoms with Gasteiger partial charge in [-0.05, 0) is 18.2 Å². The molecule has 1 N–H and O–H groups in total. The predicted molar refractivity (Wildman–Crippen MR) is 110 cm³/mol. The van der Waals surface area contributed by atoms with Gasteiger partial charge in [-0.3, -0.25) is 4.79 Å². The molecule has 0 aliphatic rings. The number of halogens is 4. The molecule has 0 unspecified atom stereocenters. The number of alkyl halides is 3. The van der Waals surface area contributed by atoms with Crippen LogP contribution in [-0.4, -0.2) is 29.2 Å². The normalized spacial score (nSPS) is 12.7. The summed E-state index contributed by atoms with van der Waals surface area (Å²) in [6.07, 6.45) is -2.38. The largest absolute Gasteiger partial charge is 0.419 e. The van der Waals surface area contributed by atoms with E-state index in [-0.39, 0.29) is 23.3 Å². The summed E-state index contributed by atoms with van der Waals surface area (Å²) in [6, 6.07) is 5.42. The molecule has 3 heterocycles. The number of hydrogen-bond acceptors (Lipinski definition) is 3. The summed E-state index contributed by atoms with van der Waals surface area (Å²) < 4.78 is 47.1. The molecule has 0 bridgehead atoms. The Bertz CT molecular complexity index is 1070. The third kappa shape index (κ3) is 4.91. The van der Waals surface area contributed by atoms with Gasteiger partial charge in [0.25, 0.3) is 0 Å². The molecule has 10 heteroatoms. The zero-order chi connectivity index (χ0) is 21.4. The van der Waals surface area contributed by atoms with Crippen LogP contribution in [0.5, 0.6) is 0 Å². The van der Waals surface area contributed by atoms with E-state index in [1.165, 1.54) is 18.3 Å². The highest BCUT2D eigenvalue weighted by Crippen LogP contribution is 2.39. The maximum absolute atomic E-state index is 13.2. The molecule has 0 saturated carbocycles. The third-order valence-electron chi connectivity index (χ3n) is 4.46. The number of nitrogens with zero attached hydrogens (tertiary/aromatic N) is 2. The van der Waals surface area contributed by atoms with E-state index in [0.29, 0.717) is 17.9 Å². The Labute approximate surface area is 171 Å². The number of aromatic nitrogens is 3. The summed E-state index contributed by atoms with van der Waals surface area (Å²) in [7, 11) is -1.29. The van der Waals surface area contributed by atoms with Gasteiger partial charge in [0, 0.05) is 44.1 Å². The molecule has 3 aromatic heterocycles. The van der Waals surface area contributed by atoms with Gasteiger partial charge >= 0.3 is 6.18 Å². The van der Waals surface area contributed by atoms with Crippen molar-refractivity contribution >= 4 is 30.7 Å². The van der Waals surface area contributed by atoms with Crippen LogP contribution >= 0.6 is 11.6 Å². The first-order valence-electron chi connectivity index (χ1n) is 8.99. The van der Waals surface area contributed by atoms with Crippen LogP contribution < -0.4 is 5.56 Å². The molecule has 3 rings (SSSR count). The molecule has 0 spiro atoms. The number of aromatic amines is 1. The van der Waals surface area contributed by atoms with Crippen molar-refractivity contribution in [3.8, 4) is 11.3 Å². The van der Waals surface area contributed by atoms with Gasteiger partial charge < -0.3 is 14.3 Å². The van der Waals surface area contributed by atoms with Crippen molar-refractivity contribution < 1.29 is 17.9 Å². The Hall–Kier alpha value is -2.10. The molecule has 0 atom stereocenters. The van der Waals surface area contributed by atoms with Crippen LogP contribution in [0.3, 0.4) is 0 Å². The van der Waals surface area contributed by atoms with Gasteiger partial charge in [-0.1, -0.05) is 31.2 Å². The molecule has 0 aromatic carbocycles. The lowest BCUT2D eigenvalue weighted by molar-refractivity contribution is -0.137. The van der Waals surface area contributed by atoms with Crippen LogP contribution in [0, 0.1) is 0 Å². The fourth-order valence-corrected chi connectivity index (χ4v) is 3.89. The molecular weight excluding hydrogens is 423 g/mol. The Balaban J connectivity index is 2.07. The minimum atomic E-state index is -4.60. The average Bonchev–Trinajstić information content (AvgIpc) is 2.97. The predicted octanol–water partition coefficient (Wildman–Crippen LogP) is 5.38. The molecule has 0 radical (unpaired) electrons. The number of hydrogen-bond donors (Lipinski definition) is 1. The van der Waals surface area contributed by atoms with E-state index in [9.17, 15) is 18.0 Å². The maximum Gasteiger partial charge on any atom is 0.419 e. The van der Waals surface area contributed by atoms with Crippen molar-refractivity contribution in [3.63, 3.8) is 0 Å². The Morgan fingerprint density at radius 3 is 2.59 bits per heavy atom. The standard InChI is InChI=1S/C19H21ClF3N3O2Si/c1-29(2,3)7-6-28-11-26-15(12-4-5-16(27)24-9-12)8-13-17(20)14(19(21,22)23)10-25-18(13)26/h4-5,8-10H,6-7,11H2,1-3H3,(H,24,27). The number of fused-ring (bicyclic) bond motifs is 1. The molecular formula is C19H21ClF3N3O2Si. The highest BCUT2D eigenvalue weighted by atomic mass is 35.5. The van der Waals surface area contributed by atoms with E-state index in [2.05, 4.69) is 29.6 Å². The molecule has 156 valence electrons. The molecule has 3 aromatic rings. The van der Waals surface area contributed by atoms with E-state index in [1.807, 2.05) is 0 Å². The van der Waals surface area contributed by atoms with Crippen LogP contribution in [-0.2, 0) is 17.6 Å². The summed E-state index contributed by atoms with van der Waals surface area (Å²) >= 11 is 6.08. The molecule has 0 aliphatic heterocycles. The van der Waals surface area contributed by atoms with Crippen LogP contribution in [0.4, 0.5) is 13.2 Å². The summed E-state index contributed by atoms with van der Waals surface area (Å²) in [5.41, 5.74) is 0.186. The van der Waals surface area contributed by atoms with Crippen molar-refractivity contribution in [1.29, 1.82) is 0 Å². The van der Waals surface area contributed by atoms with E-state index in [1.54, 1.807) is 10.6 Å². The lowest BCUT2D eigenvalue weighted by Gasteiger charge is -2.17. The van der Waals surface area contributed by atoms with Crippen molar-refractivity contribution in [2.75, 3.05) is 6.61 Å². The van der Waals surface area contributed by atoms with Gasteiger partial charge in [0.15, 0.2) is 0 Å². The topological polar surface area (TPSA) is 59.9 Å². The van der Waals surface area contributed by atoms with Gasteiger partial charge in [-0.2, -0.15) is 13.2 Å². The first-order valence-corrected chi connectivity index (χ1v) is 13.1. The fraction of sp³-hybridized carbons (Fsp3) is 0.368. The SMILES string of the molecule is C[Si](C)(C)CCOCn1c(-c2ccc(=O)[nH]c2)cc2c(Cl)c(C(F)(F)F)cnc21. The summed E-state index contributed by atoms with van der Waals surface area (Å²) in [5.74, 6) is 0. The highest BCUT2D eigenvalue weighted by Gasteiger charge is 2.35. The summed E-state index contributed by atoms with van der Waals surface area (Å²) in [6.45, 7) is 7.33. The second-order valence-corrected chi connectivity index (χ2v) is 14.0. The van der Waals surface area contributed by atoms with Gasteiger partial charge in [0.1, 0.15) is 12.4 Å². The van der Waals surface area contributed by atoms with Crippen LogP contribution in [0.2, 0.25) is 30.7 Å². The lowest BCUT2D eigenvalue weighted by Crippen LogP contribution is -2.22. The maximum atomic E-state index is 13.2. The number of pyridine rings is 2. The minimum Gasteiger partial charge on any atom is -0.361 e. The van der Waals surface area contributed by atoms with Gasteiger partial charge in [0.2, 0.25) is 5.56 Å². The third-order valence-corrected chi connectivity index (χ3v) is 6.57. The Morgan fingerprint density at radius 2 is 2.00 bits per heavy atom. The van der Waals surface area contributed by atoms with E-state index in [4.69, 9.17) is 16.3 Å². The quantitative estimate of drug-likeness (QED) is 0.411. The van der Waals surface area contributed by atoms with Crippen molar-refractivity contribution in [2.45, 2.75) is 38.6 Å². The van der Waals surface area contributed by atoms with Crippen LogP contribution in [0.15, 0.2) is 35.4 Å². The zero-order valence-electron chi connectivity index (χ0n) is 16.2. The highest BCUT2D eigenvalue weighted by molar-refractivity contribution is 6.76.